The lowest BCUT2D eigenvalue weighted by Crippen LogP contribution is -2.55. The first kappa shape index (κ1) is 75.8. The molecule has 0 saturated carbocycles. The lowest BCUT2D eigenvalue weighted by molar-refractivity contribution is -0.165. The minimum atomic E-state index is -2.13. The summed E-state index contributed by atoms with van der Waals surface area (Å²) in [4.78, 5) is 146. The predicted molar refractivity (Wildman–Crippen MR) is 308 cm³/mol. The van der Waals surface area contributed by atoms with E-state index in [1.165, 1.54) is 62.3 Å². The Hall–Kier alpha value is -5.70. The number of rotatable bonds is 43. The Bertz CT molecular complexity index is 2510. The molecule has 89 heavy (non-hydrogen) atoms. The second kappa shape index (κ2) is 31.6. The maximum absolute atomic E-state index is 15.2. The van der Waals surface area contributed by atoms with Crippen molar-refractivity contribution < 1.29 is 116 Å². The van der Waals surface area contributed by atoms with Crippen molar-refractivity contribution in [3.8, 4) is 0 Å². The fourth-order valence-corrected chi connectivity index (χ4v) is 13.5. The van der Waals surface area contributed by atoms with Crippen molar-refractivity contribution in [3.05, 3.63) is 0 Å². The van der Waals surface area contributed by atoms with Crippen LogP contribution in [0, 0.1) is 54.7 Å². The molecule has 14 unspecified atom stereocenters. The molecule has 0 aromatic heterocycles. The zero-order valence-electron chi connectivity index (χ0n) is 53.4. The number of hydrogen-bond donors (Lipinski definition) is 12. The average Bonchev–Trinajstić information content (AvgIpc) is 1.72. The first-order chi connectivity index (χ1) is 41.5. The molecule has 4 aliphatic heterocycles. The molecule has 14 atom stereocenters. The predicted octanol–water partition coefficient (Wildman–Crippen LogP) is -1.24. The number of carbonyl (C=O) groups is 10. The summed E-state index contributed by atoms with van der Waals surface area (Å²) in [6.07, 6.45) is -6.51. The summed E-state index contributed by atoms with van der Waals surface area (Å²) in [5.41, 5.74) is -17.4. The summed E-state index contributed by atoms with van der Waals surface area (Å²) in [5.74, 6) is -9.97. The highest BCUT2D eigenvalue weighted by molar-refractivity contribution is 5.91. The third-order valence-electron chi connectivity index (χ3n) is 17.6. The molecule has 4 aliphatic rings. The van der Waals surface area contributed by atoms with Crippen molar-refractivity contribution in [3.63, 3.8) is 0 Å². The SMILES string of the molecule is CCC(C)(CC(C)(CC(C)(CC(C)(CC(C)(CC(C)(CC(C)(CC(C)(CC(C)(CC(C)C(=O)OCC1CO1)C(=O)NCO)C(=O)OCC1CO1)C(=O)NCO)C(=O)NCO)C(=O)NCO)C(=O)OCC1CO1)C(=O)NCO)C(=O)NCO)C(=O)OCC1CO1. The van der Waals surface area contributed by atoms with Gasteiger partial charge in [-0.3, -0.25) is 47.9 Å². The van der Waals surface area contributed by atoms with Gasteiger partial charge < -0.3 is 100 Å². The van der Waals surface area contributed by atoms with E-state index in [0.29, 0.717) is 13.2 Å². The Balaban J connectivity index is 1.95. The molecule has 6 amide bonds. The van der Waals surface area contributed by atoms with E-state index in [1.807, 2.05) is 0 Å². The number of amides is 6. The highest BCUT2D eigenvalue weighted by Crippen LogP contribution is 2.56. The molecule has 0 aromatic carbocycles. The van der Waals surface area contributed by atoms with E-state index in [1.54, 1.807) is 13.8 Å². The van der Waals surface area contributed by atoms with Crippen molar-refractivity contribution >= 4 is 59.3 Å². The number of hydrogen-bond acceptors (Lipinski definition) is 24. The highest BCUT2D eigenvalue weighted by atomic mass is 16.6. The lowest BCUT2D eigenvalue weighted by Gasteiger charge is -2.48. The van der Waals surface area contributed by atoms with Crippen molar-refractivity contribution in [2.75, 3.05) is 93.2 Å². The monoisotopic (exact) mass is 1270 g/mol. The van der Waals surface area contributed by atoms with Gasteiger partial charge in [0.15, 0.2) is 0 Å². The van der Waals surface area contributed by atoms with E-state index in [2.05, 4.69) is 31.9 Å². The second-order valence-corrected chi connectivity index (χ2v) is 27.1. The summed E-state index contributed by atoms with van der Waals surface area (Å²) in [6.45, 7) is 10.6. The van der Waals surface area contributed by atoms with E-state index in [-0.39, 0.29) is 71.1 Å². The Morgan fingerprint density at radius 1 is 0.360 bits per heavy atom. The molecule has 0 aromatic rings. The van der Waals surface area contributed by atoms with Gasteiger partial charge in [0.2, 0.25) is 35.4 Å². The zero-order valence-corrected chi connectivity index (χ0v) is 53.4. The van der Waals surface area contributed by atoms with Gasteiger partial charge in [-0.15, -0.1) is 0 Å². The third kappa shape index (κ3) is 21.2. The van der Waals surface area contributed by atoms with Crippen molar-refractivity contribution in [2.24, 2.45) is 54.7 Å². The fourth-order valence-electron chi connectivity index (χ4n) is 13.5. The number of epoxide rings is 4. The van der Waals surface area contributed by atoms with Crippen LogP contribution in [0.25, 0.3) is 0 Å². The van der Waals surface area contributed by atoms with E-state index in [0.717, 1.165) is 0 Å². The Kier molecular flexibility index (Phi) is 26.9. The standard InChI is InChI=1S/C59H98N6O24/c1-12-51(3,48(79)87-19-38-15-83-38)22-53(5,43(74)61-31-67)24-55(7,45(76)63-33-69)28-59(11,50(81)89-21-40-17-85-40)29-57(9,47(78)65-35-71)26-54(6,44(75)62-32-68)25-56(8,46(77)64-34-70)27-58(10,49(80)88-20-39-16-84-39)23-52(4,42(73)60-30-66)13-36(2)41(72)86-18-37-14-82-37/h36-40,66-71H,12-35H2,1-11H3,(H,60,73)(H,61,74)(H,62,75)(H,63,76)(H,64,77)(H,65,78). The van der Waals surface area contributed by atoms with Gasteiger partial charge >= 0.3 is 23.9 Å². The van der Waals surface area contributed by atoms with E-state index < -0.39 is 212 Å². The molecule has 4 saturated heterocycles. The molecule has 0 bridgehead atoms. The average molecular weight is 1280 g/mol. The van der Waals surface area contributed by atoms with Crippen LogP contribution in [-0.4, -0.2) is 208 Å². The summed E-state index contributed by atoms with van der Waals surface area (Å²) < 4.78 is 43.8. The van der Waals surface area contributed by atoms with Crippen molar-refractivity contribution in [1.29, 1.82) is 0 Å². The van der Waals surface area contributed by atoms with E-state index >= 15 is 14.4 Å². The van der Waals surface area contributed by atoms with Crippen molar-refractivity contribution in [1.82, 2.24) is 31.9 Å². The van der Waals surface area contributed by atoms with Crippen LogP contribution < -0.4 is 31.9 Å². The van der Waals surface area contributed by atoms with Crippen LogP contribution in [0.4, 0.5) is 0 Å². The van der Waals surface area contributed by atoms with Crippen LogP contribution in [0.3, 0.4) is 0 Å². The minimum absolute atomic E-state index is 0.0551. The number of nitrogens with one attached hydrogen (secondary N) is 6. The maximum Gasteiger partial charge on any atom is 0.311 e. The highest BCUT2D eigenvalue weighted by Gasteiger charge is 2.59. The van der Waals surface area contributed by atoms with Crippen LogP contribution in [-0.2, 0) is 85.8 Å². The Morgan fingerprint density at radius 2 is 0.562 bits per heavy atom. The normalized spacial score (nSPS) is 23.7. The Morgan fingerprint density at radius 3 is 0.798 bits per heavy atom. The van der Waals surface area contributed by atoms with Crippen LogP contribution >= 0.6 is 0 Å². The zero-order chi connectivity index (χ0) is 67.0. The van der Waals surface area contributed by atoms with Gasteiger partial charge in [-0.1, -0.05) is 55.4 Å². The molecular formula is C59H98N6O24. The molecular weight excluding hydrogens is 1180 g/mol. The van der Waals surface area contributed by atoms with Gasteiger partial charge in [0.25, 0.3) is 0 Å². The molecule has 30 heteroatoms. The molecule has 0 radical (unpaired) electrons. The van der Waals surface area contributed by atoms with Gasteiger partial charge in [-0.25, -0.2) is 0 Å². The summed E-state index contributed by atoms with van der Waals surface area (Å²) in [6, 6.07) is 0. The first-order valence-electron chi connectivity index (χ1n) is 30.0. The van der Waals surface area contributed by atoms with Gasteiger partial charge in [-0.2, -0.15) is 0 Å². The van der Waals surface area contributed by atoms with E-state index in [4.69, 9.17) is 37.9 Å². The van der Waals surface area contributed by atoms with Crippen LogP contribution in [0.1, 0.15) is 140 Å². The largest absolute Gasteiger partial charge is 0.463 e. The molecule has 4 heterocycles. The van der Waals surface area contributed by atoms with E-state index in [9.17, 15) is 64.2 Å². The molecule has 4 rings (SSSR count). The molecule has 12 N–H and O–H groups in total. The fraction of sp³-hybridized carbons (Fsp3) is 0.831. The summed E-state index contributed by atoms with van der Waals surface area (Å²) in [7, 11) is 0. The second-order valence-electron chi connectivity index (χ2n) is 27.1. The smallest absolute Gasteiger partial charge is 0.311 e. The number of ether oxygens (including phenoxy) is 8. The van der Waals surface area contributed by atoms with Gasteiger partial charge in [0.05, 0.1) is 48.6 Å². The van der Waals surface area contributed by atoms with Gasteiger partial charge in [-0.05, 0) is 85.0 Å². The summed E-state index contributed by atoms with van der Waals surface area (Å²) >= 11 is 0. The summed E-state index contributed by atoms with van der Waals surface area (Å²) in [5, 5.41) is 75.5. The number of aliphatic hydroxyl groups is 6. The van der Waals surface area contributed by atoms with Crippen molar-refractivity contribution in [2.45, 2.75) is 165 Å². The molecule has 508 valence electrons. The lowest BCUT2D eigenvalue weighted by atomic mass is 9.55. The quantitative estimate of drug-likeness (QED) is 0.0147. The molecule has 0 aliphatic carbocycles. The number of esters is 4. The van der Waals surface area contributed by atoms with Crippen LogP contribution in [0.5, 0.6) is 0 Å². The molecule has 4 fully saturated rings. The van der Waals surface area contributed by atoms with Gasteiger partial charge in [0.1, 0.15) is 91.2 Å². The topological polar surface area (TPSA) is 451 Å². The third-order valence-corrected chi connectivity index (χ3v) is 17.6. The number of carbonyl (C=O) groups excluding carboxylic acids is 10. The molecule has 0 spiro atoms. The minimum Gasteiger partial charge on any atom is -0.463 e. The first-order valence-corrected chi connectivity index (χ1v) is 30.0. The number of aliphatic hydroxyl groups excluding tert-OH is 6. The van der Waals surface area contributed by atoms with Gasteiger partial charge in [0, 0.05) is 32.5 Å². The maximum atomic E-state index is 15.2. The Labute approximate surface area is 518 Å². The van der Waals surface area contributed by atoms with Crippen LogP contribution in [0.2, 0.25) is 0 Å². The van der Waals surface area contributed by atoms with Crippen LogP contribution in [0.15, 0.2) is 0 Å². The molecule has 30 nitrogen and oxygen atoms in total.